The summed E-state index contributed by atoms with van der Waals surface area (Å²) in [6.07, 6.45) is 0. The molecular weight excluding hydrogens is 479 g/mol. The molecule has 1 aromatic heterocycles. The van der Waals surface area contributed by atoms with Crippen molar-refractivity contribution in [2.24, 2.45) is 0 Å². The Morgan fingerprint density at radius 2 is 1.64 bits per heavy atom. The second-order valence-electron chi connectivity index (χ2n) is 6.73. The highest BCUT2D eigenvalue weighted by molar-refractivity contribution is 14.1. The molecule has 4 rings (SSSR count). The first-order valence-corrected chi connectivity index (χ1v) is 10.9. The van der Waals surface area contributed by atoms with Crippen LogP contribution in [0, 0.1) is 17.4 Å². The lowest BCUT2D eigenvalue weighted by molar-refractivity contribution is 0.0984. The second-order valence-corrected chi connectivity index (χ2v) is 8.87. The zero-order valence-corrected chi connectivity index (χ0v) is 18.6. The molecule has 0 aliphatic rings. The van der Waals surface area contributed by atoms with Crippen LogP contribution in [0.3, 0.4) is 0 Å². The highest BCUT2D eigenvalue weighted by Crippen LogP contribution is 2.34. The van der Waals surface area contributed by atoms with Crippen molar-refractivity contribution in [3.8, 4) is 0 Å². The maximum atomic E-state index is 13.5. The van der Waals surface area contributed by atoms with E-state index in [2.05, 4.69) is 48.6 Å². The van der Waals surface area contributed by atoms with Gasteiger partial charge < -0.3 is 0 Å². The first kappa shape index (κ1) is 19.1. The number of halogens is 1. The number of aryl methyl sites for hydroxylation is 2. The molecule has 0 spiro atoms. The summed E-state index contributed by atoms with van der Waals surface area (Å²) in [6, 6.07) is 22.0. The van der Waals surface area contributed by atoms with E-state index in [0.717, 1.165) is 30.0 Å². The van der Waals surface area contributed by atoms with Crippen molar-refractivity contribution in [1.82, 2.24) is 4.98 Å². The summed E-state index contributed by atoms with van der Waals surface area (Å²) < 4.78 is 2.08. The highest BCUT2D eigenvalue weighted by atomic mass is 127. The second kappa shape index (κ2) is 8.01. The lowest BCUT2D eigenvalue weighted by Gasteiger charge is -2.20. The maximum absolute atomic E-state index is 13.5. The summed E-state index contributed by atoms with van der Waals surface area (Å²) in [4.78, 5) is 20.2. The van der Waals surface area contributed by atoms with Crippen molar-refractivity contribution >= 4 is 55.2 Å². The SMILES string of the molecule is Cc1ccc(C)c2sc(N(Cc3ccccc3)C(=O)c3ccccc3I)nc12. The van der Waals surface area contributed by atoms with Crippen molar-refractivity contribution in [2.75, 3.05) is 4.90 Å². The fourth-order valence-corrected chi connectivity index (χ4v) is 4.86. The van der Waals surface area contributed by atoms with Crippen LogP contribution in [0.15, 0.2) is 66.7 Å². The van der Waals surface area contributed by atoms with Crippen LogP contribution in [0.2, 0.25) is 0 Å². The molecule has 3 aromatic carbocycles. The number of anilines is 1. The molecule has 1 amide bonds. The summed E-state index contributed by atoms with van der Waals surface area (Å²) in [5.74, 6) is -0.0248. The van der Waals surface area contributed by atoms with E-state index in [1.165, 1.54) is 5.56 Å². The largest absolute Gasteiger partial charge is 0.279 e. The molecule has 0 aliphatic carbocycles. The summed E-state index contributed by atoms with van der Waals surface area (Å²) in [6.45, 7) is 4.64. The van der Waals surface area contributed by atoms with Gasteiger partial charge in [0.25, 0.3) is 5.91 Å². The minimum absolute atomic E-state index is 0.0248. The number of fused-ring (bicyclic) bond motifs is 1. The van der Waals surface area contributed by atoms with Crippen molar-refractivity contribution in [2.45, 2.75) is 20.4 Å². The number of aromatic nitrogens is 1. The standard InChI is InChI=1S/C23H19IN2OS/c1-15-12-13-16(2)21-20(15)25-23(28-21)26(14-17-8-4-3-5-9-17)22(27)18-10-6-7-11-19(18)24/h3-13H,14H2,1-2H3. The van der Waals surface area contributed by atoms with E-state index in [1.807, 2.05) is 54.6 Å². The Morgan fingerprint density at radius 3 is 2.36 bits per heavy atom. The molecule has 28 heavy (non-hydrogen) atoms. The smallest absolute Gasteiger partial charge is 0.261 e. The third-order valence-corrected chi connectivity index (χ3v) is 6.85. The van der Waals surface area contributed by atoms with Gasteiger partial charge in [0.05, 0.1) is 22.3 Å². The number of thiazole rings is 1. The van der Waals surface area contributed by atoms with E-state index >= 15 is 0 Å². The number of benzene rings is 3. The molecule has 3 nitrogen and oxygen atoms in total. The molecule has 0 aliphatic heterocycles. The van der Waals surface area contributed by atoms with Crippen LogP contribution in [0.5, 0.6) is 0 Å². The number of hydrogen-bond acceptors (Lipinski definition) is 3. The molecule has 1 heterocycles. The molecule has 0 atom stereocenters. The van der Waals surface area contributed by atoms with Gasteiger partial charge in [-0.2, -0.15) is 0 Å². The van der Waals surface area contributed by atoms with E-state index in [4.69, 9.17) is 4.98 Å². The van der Waals surface area contributed by atoms with Crippen LogP contribution in [-0.4, -0.2) is 10.9 Å². The van der Waals surface area contributed by atoms with Gasteiger partial charge in [0.2, 0.25) is 0 Å². The first-order chi connectivity index (χ1) is 13.5. The van der Waals surface area contributed by atoms with Gasteiger partial charge in [-0.15, -0.1) is 0 Å². The lowest BCUT2D eigenvalue weighted by atomic mass is 10.1. The first-order valence-electron chi connectivity index (χ1n) is 9.01. The van der Waals surface area contributed by atoms with Crippen molar-refractivity contribution in [3.63, 3.8) is 0 Å². The Bertz CT molecular complexity index is 1110. The summed E-state index contributed by atoms with van der Waals surface area (Å²) in [5, 5.41) is 0.737. The molecule has 0 saturated carbocycles. The molecule has 0 radical (unpaired) electrons. The molecule has 0 unspecified atom stereocenters. The number of rotatable bonds is 4. The van der Waals surface area contributed by atoms with Crippen LogP contribution < -0.4 is 4.90 Å². The van der Waals surface area contributed by atoms with Crippen LogP contribution in [0.1, 0.15) is 27.0 Å². The zero-order valence-electron chi connectivity index (χ0n) is 15.6. The topological polar surface area (TPSA) is 33.2 Å². The number of carbonyl (C=O) groups is 1. The van der Waals surface area contributed by atoms with Gasteiger partial charge in [-0.1, -0.05) is 65.9 Å². The van der Waals surface area contributed by atoms with Gasteiger partial charge in [-0.05, 0) is 65.3 Å². The quantitative estimate of drug-likeness (QED) is 0.307. The molecule has 0 saturated heterocycles. The fourth-order valence-electron chi connectivity index (χ4n) is 3.14. The van der Waals surface area contributed by atoms with Gasteiger partial charge in [0, 0.05) is 3.57 Å². The Kier molecular flexibility index (Phi) is 5.46. The van der Waals surface area contributed by atoms with Crippen molar-refractivity contribution in [3.05, 3.63) is 92.6 Å². The normalized spacial score (nSPS) is 11.0. The Hall–Kier alpha value is -2.25. The number of amides is 1. The van der Waals surface area contributed by atoms with E-state index < -0.39 is 0 Å². The lowest BCUT2D eigenvalue weighted by Crippen LogP contribution is -2.30. The van der Waals surface area contributed by atoms with Gasteiger partial charge in [-0.3, -0.25) is 9.69 Å². The number of hydrogen-bond donors (Lipinski definition) is 0. The van der Waals surface area contributed by atoms with Crippen molar-refractivity contribution < 1.29 is 4.79 Å². The molecule has 4 aromatic rings. The average molecular weight is 498 g/mol. The summed E-state index contributed by atoms with van der Waals surface area (Å²) in [7, 11) is 0. The Labute approximate surface area is 182 Å². The number of carbonyl (C=O) groups excluding carboxylic acids is 1. The predicted molar refractivity (Wildman–Crippen MR) is 125 cm³/mol. The van der Waals surface area contributed by atoms with E-state index in [0.29, 0.717) is 12.1 Å². The highest BCUT2D eigenvalue weighted by Gasteiger charge is 2.24. The molecule has 0 bridgehead atoms. The molecule has 0 N–H and O–H groups in total. The van der Waals surface area contributed by atoms with Crippen LogP contribution in [-0.2, 0) is 6.54 Å². The average Bonchev–Trinajstić information content (AvgIpc) is 3.16. The Morgan fingerprint density at radius 1 is 0.964 bits per heavy atom. The van der Waals surface area contributed by atoms with Crippen LogP contribution >= 0.6 is 33.9 Å². The van der Waals surface area contributed by atoms with Crippen molar-refractivity contribution in [1.29, 1.82) is 0 Å². The third kappa shape index (κ3) is 3.69. The minimum Gasteiger partial charge on any atom is -0.279 e. The van der Waals surface area contributed by atoms with E-state index in [9.17, 15) is 4.79 Å². The van der Waals surface area contributed by atoms with Crippen LogP contribution in [0.25, 0.3) is 10.2 Å². The zero-order chi connectivity index (χ0) is 19.7. The summed E-state index contributed by atoms with van der Waals surface area (Å²) >= 11 is 3.81. The molecule has 5 heteroatoms. The predicted octanol–water partition coefficient (Wildman–Crippen LogP) is 6.36. The minimum atomic E-state index is -0.0248. The fraction of sp³-hybridized carbons (Fsp3) is 0.130. The van der Waals surface area contributed by atoms with E-state index in [1.54, 1.807) is 16.2 Å². The number of nitrogens with zero attached hydrogens (tertiary/aromatic N) is 2. The van der Waals surface area contributed by atoms with E-state index in [-0.39, 0.29) is 5.91 Å². The van der Waals surface area contributed by atoms with Gasteiger partial charge >= 0.3 is 0 Å². The van der Waals surface area contributed by atoms with Gasteiger partial charge in [0.15, 0.2) is 5.13 Å². The van der Waals surface area contributed by atoms with Crippen LogP contribution in [0.4, 0.5) is 5.13 Å². The maximum Gasteiger partial charge on any atom is 0.261 e. The Balaban J connectivity index is 1.83. The van der Waals surface area contributed by atoms with Gasteiger partial charge in [-0.25, -0.2) is 4.98 Å². The third-order valence-electron chi connectivity index (χ3n) is 4.69. The molecule has 140 valence electrons. The monoisotopic (exact) mass is 498 g/mol. The molecule has 0 fully saturated rings. The molecular formula is C23H19IN2OS. The van der Waals surface area contributed by atoms with Gasteiger partial charge in [0.1, 0.15) is 0 Å². The summed E-state index contributed by atoms with van der Waals surface area (Å²) in [5.41, 5.74) is 5.07.